The summed E-state index contributed by atoms with van der Waals surface area (Å²) in [6.07, 6.45) is 2.19. The molecule has 14 heavy (non-hydrogen) atoms. The first-order valence-corrected chi connectivity index (χ1v) is 5.05. The number of carbonyl (C=O) groups is 1. The summed E-state index contributed by atoms with van der Waals surface area (Å²) in [4.78, 5) is 12.2. The van der Waals surface area contributed by atoms with E-state index >= 15 is 0 Å². The average Bonchev–Trinajstić information content (AvgIpc) is 2.87. The van der Waals surface area contributed by atoms with Gasteiger partial charge in [0.25, 0.3) is 0 Å². The molecular formula is C10H12N2OS. The maximum absolute atomic E-state index is 11.3. The van der Waals surface area contributed by atoms with E-state index in [9.17, 15) is 4.79 Å². The third kappa shape index (κ3) is 2.67. The number of anilines is 1. The number of hydrogen-bond acceptors (Lipinski definition) is 2. The van der Waals surface area contributed by atoms with Crippen LogP contribution < -0.4 is 10.6 Å². The topological polar surface area (TPSA) is 41.1 Å². The highest BCUT2D eigenvalue weighted by Gasteiger charge is 2.22. The first-order valence-electron chi connectivity index (χ1n) is 4.60. The van der Waals surface area contributed by atoms with E-state index in [1.165, 1.54) is 0 Å². The second-order valence-corrected chi connectivity index (χ2v) is 3.94. The van der Waals surface area contributed by atoms with Gasteiger partial charge < -0.3 is 10.6 Å². The molecule has 1 aliphatic rings. The lowest BCUT2D eigenvalue weighted by molar-refractivity contribution is 0.251. The van der Waals surface area contributed by atoms with Gasteiger partial charge in [0.05, 0.1) is 0 Å². The van der Waals surface area contributed by atoms with Crippen LogP contribution in [-0.4, -0.2) is 12.1 Å². The molecule has 1 aromatic carbocycles. The molecule has 0 saturated heterocycles. The quantitative estimate of drug-likeness (QED) is 0.641. The summed E-state index contributed by atoms with van der Waals surface area (Å²) in [6.45, 7) is 0. The summed E-state index contributed by atoms with van der Waals surface area (Å²) in [7, 11) is 0. The molecule has 2 amide bonds. The Bertz CT molecular complexity index is 350. The zero-order valence-corrected chi connectivity index (χ0v) is 8.55. The third-order valence-corrected chi connectivity index (χ3v) is 2.29. The Morgan fingerprint density at radius 1 is 1.43 bits per heavy atom. The minimum Gasteiger partial charge on any atom is -0.335 e. The monoisotopic (exact) mass is 208 g/mol. The number of urea groups is 1. The first kappa shape index (κ1) is 9.40. The molecule has 1 aliphatic carbocycles. The second-order valence-electron chi connectivity index (χ2n) is 3.42. The fourth-order valence-corrected chi connectivity index (χ4v) is 1.39. The predicted octanol–water partition coefficient (Wildman–Crippen LogP) is 2.26. The van der Waals surface area contributed by atoms with Crippen LogP contribution in [0, 0.1) is 0 Å². The minimum absolute atomic E-state index is 0.133. The highest BCUT2D eigenvalue weighted by Crippen LogP contribution is 2.19. The van der Waals surface area contributed by atoms with Crippen molar-refractivity contribution in [2.75, 3.05) is 5.32 Å². The number of carbonyl (C=O) groups excluding carboxylic acids is 1. The molecule has 74 valence electrons. The van der Waals surface area contributed by atoms with E-state index in [0.29, 0.717) is 6.04 Å². The van der Waals surface area contributed by atoms with Crippen molar-refractivity contribution in [2.24, 2.45) is 0 Å². The Balaban J connectivity index is 1.92. The molecule has 0 unspecified atom stereocenters. The van der Waals surface area contributed by atoms with Gasteiger partial charge in [0, 0.05) is 16.6 Å². The molecule has 0 spiro atoms. The van der Waals surface area contributed by atoms with E-state index < -0.39 is 0 Å². The lowest BCUT2D eigenvalue weighted by Gasteiger charge is -2.06. The number of rotatable bonds is 2. The summed E-state index contributed by atoms with van der Waals surface area (Å²) in [6, 6.07) is 7.63. The normalized spacial score (nSPS) is 14.9. The fourth-order valence-electron chi connectivity index (χ4n) is 1.16. The maximum atomic E-state index is 11.3. The Kier molecular flexibility index (Phi) is 2.63. The minimum atomic E-state index is -0.133. The van der Waals surface area contributed by atoms with Crippen molar-refractivity contribution in [3.05, 3.63) is 24.3 Å². The lowest BCUT2D eigenvalue weighted by atomic mass is 10.3. The van der Waals surface area contributed by atoms with Crippen LogP contribution >= 0.6 is 12.6 Å². The van der Waals surface area contributed by atoms with Crippen molar-refractivity contribution < 1.29 is 4.79 Å². The molecule has 3 nitrogen and oxygen atoms in total. The van der Waals surface area contributed by atoms with Crippen LogP contribution in [0.1, 0.15) is 12.8 Å². The molecule has 0 radical (unpaired) electrons. The van der Waals surface area contributed by atoms with Crippen LogP contribution in [0.3, 0.4) is 0 Å². The zero-order valence-electron chi connectivity index (χ0n) is 7.66. The zero-order chi connectivity index (χ0) is 9.97. The van der Waals surface area contributed by atoms with E-state index in [0.717, 1.165) is 23.4 Å². The molecule has 1 fully saturated rings. The fraction of sp³-hybridized carbons (Fsp3) is 0.300. The van der Waals surface area contributed by atoms with Gasteiger partial charge in [0.15, 0.2) is 0 Å². The van der Waals surface area contributed by atoms with Crippen LogP contribution in [0.15, 0.2) is 29.2 Å². The maximum Gasteiger partial charge on any atom is 0.319 e. The predicted molar refractivity (Wildman–Crippen MR) is 58.9 cm³/mol. The van der Waals surface area contributed by atoms with Crippen LogP contribution in [0.4, 0.5) is 10.5 Å². The Hall–Kier alpha value is -1.16. The van der Waals surface area contributed by atoms with Crippen LogP contribution in [0.2, 0.25) is 0 Å². The highest BCUT2D eigenvalue weighted by atomic mass is 32.1. The first-order chi connectivity index (χ1) is 6.74. The lowest BCUT2D eigenvalue weighted by Crippen LogP contribution is -2.30. The van der Waals surface area contributed by atoms with E-state index in [-0.39, 0.29) is 6.03 Å². The Morgan fingerprint density at radius 2 is 2.21 bits per heavy atom. The van der Waals surface area contributed by atoms with Crippen LogP contribution in [0.5, 0.6) is 0 Å². The summed E-state index contributed by atoms with van der Waals surface area (Å²) in [5.41, 5.74) is 0.774. The molecule has 0 heterocycles. The number of amides is 2. The number of thiol groups is 1. The molecule has 2 N–H and O–H groups in total. The van der Waals surface area contributed by atoms with Gasteiger partial charge in [-0.15, -0.1) is 12.6 Å². The smallest absolute Gasteiger partial charge is 0.319 e. The van der Waals surface area contributed by atoms with Gasteiger partial charge in [-0.1, -0.05) is 6.07 Å². The van der Waals surface area contributed by atoms with Crippen molar-refractivity contribution in [2.45, 2.75) is 23.8 Å². The average molecular weight is 208 g/mol. The SMILES string of the molecule is O=C(Nc1cccc(S)c1)NC1CC1. The van der Waals surface area contributed by atoms with E-state index in [1.807, 2.05) is 24.3 Å². The highest BCUT2D eigenvalue weighted by molar-refractivity contribution is 7.80. The molecule has 0 aliphatic heterocycles. The van der Waals surface area contributed by atoms with E-state index in [1.54, 1.807) is 0 Å². The summed E-state index contributed by atoms with van der Waals surface area (Å²) < 4.78 is 0. The van der Waals surface area contributed by atoms with Crippen molar-refractivity contribution in [3.63, 3.8) is 0 Å². The van der Waals surface area contributed by atoms with E-state index in [4.69, 9.17) is 0 Å². The van der Waals surface area contributed by atoms with Gasteiger partial charge in [-0.2, -0.15) is 0 Å². The van der Waals surface area contributed by atoms with Gasteiger partial charge in [-0.3, -0.25) is 0 Å². The molecule has 0 atom stereocenters. The third-order valence-electron chi connectivity index (χ3n) is 2.02. The second kappa shape index (κ2) is 3.92. The van der Waals surface area contributed by atoms with Crippen molar-refractivity contribution in [3.8, 4) is 0 Å². The molecule has 4 heteroatoms. The standard InChI is InChI=1S/C10H12N2OS/c13-10(11-7-4-5-7)12-8-2-1-3-9(14)6-8/h1-3,6-7,14H,4-5H2,(H2,11,12,13). The number of benzene rings is 1. The molecule has 1 aromatic rings. The Labute approximate surface area is 88.3 Å². The summed E-state index contributed by atoms with van der Waals surface area (Å²) >= 11 is 4.19. The van der Waals surface area contributed by atoms with Crippen LogP contribution in [0.25, 0.3) is 0 Å². The van der Waals surface area contributed by atoms with Gasteiger partial charge in [0.2, 0.25) is 0 Å². The van der Waals surface area contributed by atoms with Gasteiger partial charge in [-0.05, 0) is 31.0 Å². The van der Waals surface area contributed by atoms with Gasteiger partial charge >= 0.3 is 6.03 Å². The van der Waals surface area contributed by atoms with Crippen molar-refractivity contribution >= 4 is 24.3 Å². The Morgan fingerprint density at radius 3 is 2.86 bits per heavy atom. The van der Waals surface area contributed by atoms with Crippen molar-refractivity contribution in [1.82, 2.24) is 5.32 Å². The number of hydrogen-bond donors (Lipinski definition) is 3. The largest absolute Gasteiger partial charge is 0.335 e. The molecule has 0 bridgehead atoms. The molecule has 0 aromatic heterocycles. The summed E-state index contributed by atoms with van der Waals surface area (Å²) in [5, 5.41) is 5.60. The van der Waals surface area contributed by atoms with Gasteiger partial charge in [-0.25, -0.2) is 4.79 Å². The number of nitrogens with one attached hydrogen (secondary N) is 2. The van der Waals surface area contributed by atoms with Crippen LogP contribution in [-0.2, 0) is 0 Å². The molecular weight excluding hydrogens is 196 g/mol. The summed E-state index contributed by atoms with van der Waals surface area (Å²) in [5.74, 6) is 0. The molecule has 1 saturated carbocycles. The van der Waals surface area contributed by atoms with Crippen molar-refractivity contribution in [1.29, 1.82) is 0 Å². The van der Waals surface area contributed by atoms with E-state index in [2.05, 4.69) is 23.3 Å². The molecule has 2 rings (SSSR count). The van der Waals surface area contributed by atoms with Gasteiger partial charge in [0.1, 0.15) is 0 Å².